The number of hydrogen-bond donors (Lipinski definition) is 1. The summed E-state index contributed by atoms with van der Waals surface area (Å²) in [7, 11) is 0. The largest absolute Gasteiger partial charge is 0.329 e. The van der Waals surface area contributed by atoms with Gasteiger partial charge in [0.05, 0.1) is 12.1 Å². The Balaban J connectivity index is 1.25. The topological polar surface area (TPSA) is 73.0 Å². The highest BCUT2D eigenvalue weighted by Crippen LogP contribution is 2.46. The number of nitrogens with one attached hydrogen (secondary N) is 1. The number of carbonyl (C=O) groups is 3. The van der Waals surface area contributed by atoms with Gasteiger partial charge in [0.25, 0.3) is 5.91 Å². The van der Waals surface area contributed by atoms with Gasteiger partial charge >= 0.3 is 12.1 Å². The zero-order valence-electron chi connectivity index (χ0n) is 20.5. The van der Waals surface area contributed by atoms with Gasteiger partial charge in [-0.05, 0) is 49.9 Å². The first kappa shape index (κ1) is 23.1. The van der Waals surface area contributed by atoms with Gasteiger partial charge in [-0.25, -0.2) is 9.59 Å². The Morgan fingerprint density at radius 2 is 1.80 bits per heavy atom. The molecule has 1 aliphatic carbocycles. The fourth-order valence-electron chi connectivity index (χ4n) is 5.22. The molecule has 7 nitrogen and oxygen atoms in total. The molecule has 3 atom stereocenters. The summed E-state index contributed by atoms with van der Waals surface area (Å²) in [4.78, 5) is 44.3. The molecule has 182 valence electrons. The highest BCUT2D eigenvalue weighted by Gasteiger charge is 2.56. The SMILES string of the molecule is C=C(C)c1cccc(C(C)(C)NC(=O)N2CCN3C(=O)N([C@@H]4C[C@H]4c4ccccc4)C(=O)C3C2)c1. The number of piperazine rings is 1. The average molecular weight is 473 g/mol. The molecule has 2 aromatic carbocycles. The van der Waals surface area contributed by atoms with Crippen molar-refractivity contribution in [1.82, 2.24) is 20.0 Å². The number of amides is 5. The second-order valence-corrected chi connectivity index (χ2v) is 10.4. The van der Waals surface area contributed by atoms with Gasteiger partial charge in [0.1, 0.15) is 6.04 Å². The number of allylic oxidation sites excluding steroid dienone is 1. The van der Waals surface area contributed by atoms with E-state index in [4.69, 9.17) is 0 Å². The summed E-state index contributed by atoms with van der Waals surface area (Å²) in [5, 5.41) is 3.12. The number of imide groups is 1. The number of benzene rings is 2. The molecule has 3 aliphatic rings. The van der Waals surface area contributed by atoms with E-state index in [2.05, 4.69) is 11.9 Å². The van der Waals surface area contributed by atoms with Crippen LogP contribution >= 0.6 is 0 Å². The van der Waals surface area contributed by atoms with Gasteiger partial charge < -0.3 is 15.1 Å². The summed E-state index contributed by atoms with van der Waals surface area (Å²) in [6.45, 7) is 10.8. The molecule has 1 N–H and O–H groups in total. The summed E-state index contributed by atoms with van der Waals surface area (Å²) < 4.78 is 0. The zero-order chi connectivity index (χ0) is 24.9. The lowest BCUT2D eigenvalue weighted by molar-refractivity contribution is -0.129. The third-order valence-corrected chi connectivity index (χ3v) is 7.45. The first-order valence-corrected chi connectivity index (χ1v) is 12.2. The minimum atomic E-state index is -0.617. The minimum absolute atomic E-state index is 0.0928. The molecule has 2 heterocycles. The van der Waals surface area contributed by atoms with Crippen LogP contribution in [-0.4, -0.2) is 64.4 Å². The van der Waals surface area contributed by atoms with Gasteiger partial charge in [-0.15, -0.1) is 0 Å². The van der Waals surface area contributed by atoms with Crippen LogP contribution in [0.25, 0.3) is 5.57 Å². The van der Waals surface area contributed by atoms with Crippen LogP contribution in [0.5, 0.6) is 0 Å². The standard InChI is InChI=1S/C28H32N4O3/c1-18(2)20-11-8-12-21(15-20)28(3,4)29-26(34)30-13-14-31-24(17-30)25(33)32(27(31)35)23-16-22(23)19-9-6-5-7-10-19/h5-12,15,22-24H,1,13-14,16-17H2,2-4H3,(H,29,34)/t22-,23+,24?/m0/s1. The van der Waals surface area contributed by atoms with E-state index in [0.29, 0.717) is 13.1 Å². The van der Waals surface area contributed by atoms with Crippen LogP contribution in [0.3, 0.4) is 0 Å². The summed E-state index contributed by atoms with van der Waals surface area (Å²) in [5.74, 6) is 0.00460. The van der Waals surface area contributed by atoms with Gasteiger partial charge in [-0.2, -0.15) is 0 Å². The minimum Gasteiger partial charge on any atom is -0.329 e. The van der Waals surface area contributed by atoms with Gasteiger partial charge in [0.15, 0.2) is 0 Å². The van der Waals surface area contributed by atoms with Crippen molar-refractivity contribution in [2.24, 2.45) is 0 Å². The molecule has 2 aliphatic heterocycles. The Labute approximate surface area is 206 Å². The number of hydrogen-bond acceptors (Lipinski definition) is 3. The quantitative estimate of drug-likeness (QED) is 0.664. The fraction of sp³-hybridized carbons (Fsp3) is 0.393. The first-order valence-electron chi connectivity index (χ1n) is 12.2. The lowest BCUT2D eigenvalue weighted by atomic mass is 9.92. The van der Waals surface area contributed by atoms with Gasteiger partial charge in [0.2, 0.25) is 0 Å². The summed E-state index contributed by atoms with van der Waals surface area (Å²) in [6, 6.07) is 16.8. The van der Waals surface area contributed by atoms with E-state index >= 15 is 0 Å². The van der Waals surface area contributed by atoms with Crippen LogP contribution in [0.1, 0.15) is 49.8 Å². The molecule has 0 radical (unpaired) electrons. The second kappa shape index (κ2) is 8.56. The van der Waals surface area contributed by atoms with Gasteiger partial charge in [-0.1, -0.05) is 60.7 Å². The lowest BCUT2D eigenvalue weighted by Crippen LogP contribution is -2.58. The van der Waals surface area contributed by atoms with Gasteiger partial charge in [0, 0.05) is 25.0 Å². The van der Waals surface area contributed by atoms with Crippen LogP contribution in [0.4, 0.5) is 9.59 Å². The Hall–Kier alpha value is -3.61. The maximum atomic E-state index is 13.3. The Kier molecular flexibility index (Phi) is 5.66. The predicted molar refractivity (Wildman–Crippen MR) is 135 cm³/mol. The van der Waals surface area contributed by atoms with E-state index in [0.717, 1.165) is 28.7 Å². The van der Waals surface area contributed by atoms with E-state index in [9.17, 15) is 14.4 Å². The fourth-order valence-corrected chi connectivity index (χ4v) is 5.22. The molecule has 0 aromatic heterocycles. The molecule has 2 aromatic rings. The number of nitrogens with zero attached hydrogens (tertiary/aromatic N) is 3. The van der Waals surface area contributed by atoms with Crippen LogP contribution in [-0.2, 0) is 10.3 Å². The lowest BCUT2D eigenvalue weighted by Gasteiger charge is -2.37. The third kappa shape index (κ3) is 4.20. The Morgan fingerprint density at radius 1 is 1.06 bits per heavy atom. The van der Waals surface area contributed by atoms with Crippen molar-refractivity contribution in [3.8, 4) is 0 Å². The molecule has 1 saturated carbocycles. The molecule has 7 heteroatoms. The van der Waals surface area contributed by atoms with Crippen molar-refractivity contribution in [3.63, 3.8) is 0 Å². The van der Waals surface area contributed by atoms with Crippen LogP contribution in [0.2, 0.25) is 0 Å². The highest BCUT2D eigenvalue weighted by atomic mass is 16.2. The predicted octanol–water partition coefficient (Wildman–Crippen LogP) is 4.17. The van der Waals surface area contributed by atoms with E-state index in [1.54, 1.807) is 9.80 Å². The van der Waals surface area contributed by atoms with Crippen molar-refractivity contribution in [1.29, 1.82) is 0 Å². The van der Waals surface area contributed by atoms with Crippen LogP contribution in [0.15, 0.2) is 61.2 Å². The maximum absolute atomic E-state index is 13.3. The van der Waals surface area contributed by atoms with Crippen molar-refractivity contribution < 1.29 is 14.4 Å². The summed E-state index contributed by atoms with van der Waals surface area (Å²) in [6.07, 6.45) is 0.795. The van der Waals surface area contributed by atoms with Crippen molar-refractivity contribution >= 4 is 23.5 Å². The third-order valence-electron chi connectivity index (χ3n) is 7.45. The molecule has 0 bridgehead atoms. The summed E-state index contributed by atoms with van der Waals surface area (Å²) >= 11 is 0. The van der Waals surface area contributed by atoms with E-state index < -0.39 is 11.6 Å². The highest BCUT2D eigenvalue weighted by molar-refractivity contribution is 6.05. The first-order chi connectivity index (χ1) is 16.7. The van der Waals surface area contributed by atoms with Crippen molar-refractivity contribution in [2.75, 3.05) is 19.6 Å². The van der Waals surface area contributed by atoms with Crippen molar-refractivity contribution in [3.05, 3.63) is 77.9 Å². The number of urea groups is 2. The monoisotopic (exact) mass is 472 g/mol. The molecule has 2 saturated heterocycles. The summed E-state index contributed by atoms with van der Waals surface area (Å²) in [5.41, 5.74) is 3.51. The molecule has 0 spiro atoms. The zero-order valence-corrected chi connectivity index (χ0v) is 20.5. The molecule has 3 fully saturated rings. The Morgan fingerprint density at radius 3 is 2.51 bits per heavy atom. The second-order valence-electron chi connectivity index (χ2n) is 10.4. The van der Waals surface area contributed by atoms with E-state index in [-0.39, 0.29) is 36.5 Å². The van der Waals surface area contributed by atoms with Gasteiger partial charge in [-0.3, -0.25) is 9.69 Å². The maximum Gasteiger partial charge on any atom is 0.327 e. The number of rotatable bonds is 5. The normalized spacial score (nSPS) is 23.9. The van der Waals surface area contributed by atoms with E-state index in [1.165, 1.54) is 4.90 Å². The molecular formula is C28H32N4O3. The Bertz CT molecular complexity index is 1190. The number of carbonyl (C=O) groups excluding carboxylic acids is 3. The smallest absolute Gasteiger partial charge is 0.327 e. The molecule has 1 unspecified atom stereocenters. The van der Waals surface area contributed by atoms with Crippen LogP contribution in [0, 0.1) is 0 Å². The molecule has 35 heavy (non-hydrogen) atoms. The van der Waals surface area contributed by atoms with E-state index in [1.807, 2.05) is 75.4 Å². The molecular weight excluding hydrogens is 440 g/mol. The van der Waals surface area contributed by atoms with Crippen molar-refractivity contribution in [2.45, 2.75) is 50.7 Å². The number of fused-ring (bicyclic) bond motifs is 1. The van der Waals surface area contributed by atoms with Crippen LogP contribution < -0.4 is 5.32 Å². The molecule has 5 amide bonds. The molecule has 5 rings (SSSR count). The average Bonchev–Trinajstić information content (AvgIpc) is 3.59.